The highest BCUT2D eigenvalue weighted by Crippen LogP contribution is 2.07. The molecule has 0 saturated heterocycles. The molecule has 0 aliphatic carbocycles. The van der Waals surface area contributed by atoms with Gasteiger partial charge >= 0.3 is 12.0 Å². The lowest BCUT2D eigenvalue weighted by Gasteiger charge is -2.25. The fraction of sp³-hybridized carbons (Fsp3) is 0.467. The normalized spacial score (nSPS) is 12.0. The number of hydrogen-bond donors (Lipinski definition) is 2. The predicted molar refractivity (Wildman–Crippen MR) is 77.3 cm³/mol. The van der Waals surface area contributed by atoms with E-state index in [1.807, 2.05) is 37.3 Å². The number of aliphatic carboxylic acids is 1. The number of rotatable bonds is 6. The number of benzene rings is 1. The highest BCUT2D eigenvalue weighted by molar-refractivity contribution is 5.82. The number of nitrogens with one attached hydrogen (secondary N) is 1. The second-order valence-corrected chi connectivity index (χ2v) is 5.01. The molecule has 0 aliphatic heterocycles. The molecule has 0 radical (unpaired) electrons. The molecule has 0 heterocycles. The first kappa shape index (κ1) is 16.0. The minimum Gasteiger partial charge on any atom is -0.480 e. The van der Waals surface area contributed by atoms with Crippen molar-refractivity contribution in [3.05, 3.63) is 35.9 Å². The predicted octanol–water partition coefficient (Wildman–Crippen LogP) is 2.33. The molecule has 0 aromatic heterocycles. The van der Waals surface area contributed by atoms with Crippen molar-refractivity contribution in [2.75, 3.05) is 6.54 Å². The number of urea groups is 1. The highest BCUT2D eigenvalue weighted by atomic mass is 16.4. The summed E-state index contributed by atoms with van der Waals surface area (Å²) in [4.78, 5) is 24.9. The fourth-order valence-electron chi connectivity index (χ4n) is 1.87. The Balaban J connectivity index is 2.69. The maximum absolute atomic E-state index is 12.1. The molecule has 0 saturated carbocycles. The van der Waals surface area contributed by atoms with Gasteiger partial charge in [-0.05, 0) is 18.4 Å². The average molecular weight is 278 g/mol. The van der Waals surface area contributed by atoms with Gasteiger partial charge in [0.05, 0.1) is 0 Å². The van der Waals surface area contributed by atoms with Gasteiger partial charge in [-0.25, -0.2) is 9.59 Å². The van der Waals surface area contributed by atoms with Gasteiger partial charge in [0, 0.05) is 13.1 Å². The molecule has 0 spiro atoms. The molecule has 5 heteroatoms. The topological polar surface area (TPSA) is 69.6 Å². The summed E-state index contributed by atoms with van der Waals surface area (Å²) in [6.45, 7) is 6.39. The van der Waals surface area contributed by atoms with Crippen LogP contribution in [0.3, 0.4) is 0 Å². The Kier molecular flexibility index (Phi) is 6.03. The van der Waals surface area contributed by atoms with E-state index < -0.39 is 12.0 Å². The van der Waals surface area contributed by atoms with E-state index in [4.69, 9.17) is 5.11 Å². The van der Waals surface area contributed by atoms with Crippen molar-refractivity contribution in [2.45, 2.75) is 33.4 Å². The second-order valence-electron chi connectivity index (χ2n) is 5.01. The second kappa shape index (κ2) is 7.53. The van der Waals surface area contributed by atoms with E-state index in [0.29, 0.717) is 13.1 Å². The van der Waals surface area contributed by atoms with Gasteiger partial charge in [0.2, 0.25) is 0 Å². The Morgan fingerprint density at radius 2 is 1.85 bits per heavy atom. The maximum atomic E-state index is 12.1. The summed E-state index contributed by atoms with van der Waals surface area (Å²) >= 11 is 0. The SMILES string of the molecule is CCN(Cc1ccccc1)C(=O)NC(C(=O)O)C(C)C. The number of hydrogen-bond acceptors (Lipinski definition) is 2. The minimum absolute atomic E-state index is 0.160. The number of carboxylic acids is 1. The van der Waals surface area contributed by atoms with Crippen LogP contribution in [0.25, 0.3) is 0 Å². The molecular formula is C15H22N2O3. The Morgan fingerprint density at radius 1 is 1.25 bits per heavy atom. The summed E-state index contributed by atoms with van der Waals surface area (Å²) in [5.74, 6) is -1.17. The number of carbonyl (C=O) groups excluding carboxylic acids is 1. The van der Waals surface area contributed by atoms with Crippen LogP contribution in [0, 0.1) is 5.92 Å². The van der Waals surface area contributed by atoms with E-state index in [9.17, 15) is 9.59 Å². The molecule has 0 aliphatic rings. The summed E-state index contributed by atoms with van der Waals surface area (Å²) in [6.07, 6.45) is 0. The van der Waals surface area contributed by atoms with Crippen LogP contribution >= 0.6 is 0 Å². The van der Waals surface area contributed by atoms with Crippen LogP contribution in [0.2, 0.25) is 0 Å². The van der Waals surface area contributed by atoms with Crippen molar-refractivity contribution in [1.82, 2.24) is 10.2 Å². The molecule has 20 heavy (non-hydrogen) atoms. The van der Waals surface area contributed by atoms with Crippen molar-refractivity contribution in [2.24, 2.45) is 5.92 Å². The Labute approximate surface area is 119 Å². The lowest BCUT2D eigenvalue weighted by molar-refractivity contribution is -0.140. The van der Waals surface area contributed by atoms with Gasteiger partial charge in [-0.15, -0.1) is 0 Å². The molecule has 110 valence electrons. The third-order valence-corrected chi connectivity index (χ3v) is 3.10. The zero-order chi connectivity index (χ0) is 15.1. The summed E-state index contributed by atoms with van der Waals surface area (Å²) in [5.41, 5.74) is 1.01. The van der Waals surface area contributed by atoms with Gasteiger partial charge < -0.3 is 15.3 Å². The highest BCUT2D eigenvalue weighted by Gasteiger charge is 2.25. The number of nitrogens with zero attached hydrogens (tertiary/aromatic N) is 1. The van der Waals surface area contributed by atoms with Crippen molar-refractivity contribution in [3.63, 3.8) is 0 Å². The van der Waals surface area contributed by atoms with Gasteiger partial charge in [-0.2, -0.15) is 0 Å². The van der Waals surface area contributed by atoms with Crippen LogP contribution in [0.4, 0.5) is 4.79 Å². The quantitative estimate of drug-likeness (QED) is 0.839. The van der Waals surface area contributed by atoms with Crippen molar-refractivity contribution in [3.8, 4) is 0 Å². The van der Waals surface area contributed by atoms with E-state index in [2.05, 4.69) is 5.32 Å². The van der Waals surface area contributed by atoms with E-state index in [1.165, 1.54) is 0 Å². The van der Waals surface area contributed by atoms with Crippen LogP contribution in [0.1, 0.15) is 26.3 Å². The van der Waals surface area contributed by atoms with E-state index in [-0.39, 0.29) is 11.9 Å². The molecule has 1 rings (SSSR count). The molecule has 5 nitrogen and oxygen atoms in total. The molecule has 0 bridgehead atoms. The van der Waals surface area contributed by atoms with Gasteiger partial charge in [0.15, 0.2) is 0 Å². The summed E-state index contributed by atoms with van der Waals surface area (Å²) in [7, 11) is 0. The van der Waals surface area contributed by atoms with Crippen molar-refractivity contribution in [1.29, 1.82) is 0 Å². The first-order valence-corrected chi connectivity index (χ1v) is 6.77. The molecule has 1 unspecified atom stereocenters. The van der Waals surface area contributed by atoms with Gasteiger partial charge in [0.25, 0.3) is 0 Å². The van der Waals surface area contributed by atoms with Crippen LogP contribution in [0.15, 0.2) is 30.3 Å². The zero-order valence-electron chi connectivity index (χ0n) is 12.2. The Bertz CT molecular complexity index is 446. The lowest BCUT2D eigenvalue weighted by Crippen LogP contribution is -2.49. The standard InChI is InChI=1S/C15H22N2O3/c1-4-17(10-12-8-6-5-7-9-12)15(20)16-13(11(2)3)14(18)19/h5-9,11,13H,4,10H2,1-3H3,(H,16,20)(H,18,19). The average Bonchev–Trinajstić information content (AvgIpc) is 2.42. The van der Waals surface area contributed by atoms with Gasteiger partial charge in [-0.3, -0.25) is 0 Å². The zero-order valence-corrected chi connectivity index (χ0v) is 12.2. The van der Waals surface area contributed by atoms with E-state index >= 15 is 0 Å². The monoisotopic (exact) mass is 278 g/mol. The molecule has 1 atom stereocenters. The van der Waals surface area contributed by atoms with Crippen molar-refractivity contribution < 1.29 is 14.7 Å². The minimum atomic E-state index is -1.01. The van der Waals surface area contributed by atoms with Crippen LogP contribution in [-0.4, -0.2) is 34.6 Å². The molecule has 1 aromatic rings. The molecule has 2 amide bonds. The summed E-state index contributed by atoms with van der Waals surface area (Å²) in [5, 5.41) is 11.7. The number of carboxylic acid groups (broad SMARTS) is 1. The number of amides is 2. The number of carbonyl (C=O) groups is 2. The summed E-state index contributed by atoms with van der Waals surface area (Å²) < 4.78 is 0. The van der Waals surface area contributed by atoms with E-state index in [1.54, 1.807) is 18.7 Å². The smallest absolute Gasteiger partial charge is 0.326 e. The van der Waals surface area contributed by atoms with Gasteiger partial charge in [0.1, 0.15) is 6.04 Å². The van der Waals surface area contributed by atoms with Crippen LogP contribution in [0.5, 0.6) is 0 Å². The third kappa shape index (κ3) is 4.57. The maximum Gasteiger partial charge on any atom is 0.326 e. The fourth-order valence-corrected chi connectivity index (χ4v) is 1.87. The largest absolute Gasteiger partial charge is 0.480 e. The van der Waals surface area contributed by atoms with Gasteiger partial charge in [-0.1, -0.05) is 44.2 Å². The molecule has 1 aromatic carbocycles. The van der Waals surface area contributed by atoms with Crippen molar-refractivity contribution >= 4 is 12.0 Å². The third-order valence-electron chi connectivity index (χ3n) is 3.10. The Hall–Kier alpha value is -2.04. The first-order chi connectivity index (χ1) is 9.45. The Morgan fingerprint density at radius 3 is 2.30 bits per heavy atom. The molecule has 0 fully saturated rings. The van der Waals surface area contributed by atoms with E-state index in [0.717, 1.165) is 5.56 Å². The first-order valence-electron chi connectivity index (χ1n) is 6.77. The van der Waals surface area contributed by atoms with Crippen LogP contribution in [-0.2, 0) is 11.3 Å². The summed E-state index contributed by atoms with van der Waals surface area (Å²) in [6, 6.07) is 8.40. The molecule has 2 N–H and O–H groups in total. The molecular weight excluding hydrogens is 256 g/mol. The van der Waals surface area contributed by atoms with Crippen LogP contribution < -0.4 is 5.32 Å². The lowest BCUT2D eigenvalue weighted by atomic mass is 10.1.